The molecule has 6 heteroatoms. The number of ether oxygens (including phenoxy) is 1. The zero-order valence-corrected chi connectivity index (χ0v) is 10.7. The number of cyclic esters (lactones) is 1. The third-order valence-corrected chi connectivity index (χ3v) is 2.96. The Morgan fingerprint density at radius 2 is 2.00 bits per heavy atom. The SMILES string of the molecule is CCCN1C(=O)OCC1c1cn(CCC)c(=O)o1. The summed E-state index contributed by atoms with van der Waals surface area (Å²) < 4.78 is 11.7. The van der Waals surface area contributed by atoms with Crippen LogP contribution in [0.3, 0.4) is 0 Å². The largest absolute Gasteiger partial charge is 0.447 e. The summed E-state index contributed by atoms with van der Waals surface area (Å²) in [7, 11) is 0. The van der Waals surface area contributed by atoms with Crippen LogP contribution in [0.1, 0.15) is 38.5 Å². The molecule has 1 saturated heterocycles. The van der Waals surface area contributed by atoms with Gasteiger partial charge in [-0.25, -0.2) is 9.59 Å². The first-order chi connectivity index (χ1) is 8.67. The van der Waals surface area contributed by atoms with Crippen molar-refractivity contribution in [1.29, 1.82) is 0 Å². The van der Waals surface area contributed by atoms with E-state index < -0.39 is 0 Å². The summed E-state index contributed by atoms with van der Waals surface area (Å²) in [5.41, 5.74) is 0. The molecule has 0 aliphatic carbocycles. The second kappa shape index (κ2) is 5.29. The normalized spacial score (nSPS) is 19.3. The number of rotatable bonds is 5. The lowest BCUT2D eigenvalue weighted by molar-refractivity contribution is 0.157. The van der Waals surface area contributed by atoms with Crippen LogP contribution in [0.2, 0.25) is 0 Å². The van der Waals surface area contributed by atoms with E-state index in [-0.39, 0.29) is 24.5 Å². The molecule has 18 heavy (non-hydrogen) atoms. The van der Waals surface area contributed by atoms with Gasteiger partial charge in [-0.15, -0.1) is 0 Å². The van der Waals surface area contributed by atoms with Crippen LogP contribution in [0.5, 0.6) is 0 Å². The highest BCUT2D eigenvalue weighted by Gasteiger charge is 2.36. The Labute approximate surface area is 105 Å². The minimum Gasteiger partial charge on any atom is -0.447 e. The highest BCUT2D eigenvalue weighted by Crippen LogP contribution is 2.27. The van der Waals surface area contributed by atoms with Gasteiger partial charge in [-0.05, 0) is 12.8 Å². The van der Waals surface area contributed by atoms with Gasteiger partial charge in [-0.1, -0.05) is 13.8 Å². The van der Waals surface area contributed by atoms with Crippen LogP contribution in [0, 0.1) is 0 Å². The first-order valence-corrected chi connectivity index (χ1v) is 6.31. The van der Waals surface area contributed by atoms with Gasteiger partial charge in [-0.3, -0.25) is 9.47 Å². The van der Waals surface area contributed by atoms with E-state index in [9.17, 15) is 9.59 Å². The Kier molecular flexibility index (Phi) is 3.74. The average molecular weight is 254 g/mol. The lowest BCUT2D eigenvalue weighted by atomic mass is 10.2. The van der Waals surface area contributed by atoms with E-state index >= 15 is 0 Å². The van der Waals surface area contributed by atoms with Gasteiger partial charge in [0.15, 0.2) is 5.76 Å². The van der Waals surface area contributed by atoms with Crippen LogP contribution in [0.25, 0.3) is 0 Å². The van der Waals surface area contributed by atoms with E-state index in [2.05, 4.69) is 0 Å². The number of amides is 1. The first-order valence-electron chi connectivity index (χ1n) is 6.31. The van der Waals surface area contributed by atoms with Crippen LogP contribution in [-0.4, -0.2) is 28.7 Å². The molecular weight excluding hydrogens is 236 g/mol. The molecule has 6 nitrogen and oxygen atoms in total. The van der Waals surface area contributed by atoms with Crippen molar-refractivity contribution < 1.29 is 13.9 Å². The van der Waals surface area contributed by atoms with E-state index in [0.717, 1.165) is 12.8 Å². The van der Waals surface area contributed by atoms with Crippen LogP contribution < -0.4 is 5.76 Å². The number of aromatic nitrogens is 1. The fraction of sp³-hybridized carbons (Fsp3) is 0.667. The van der Waals surface area contributed by atoms with Gasteiger partial charge in [0.2, 0.25) is 0 Å². The molecule has 0 radical (unpaired) electrons. The molecule has 0 aromatic carbocycles. The molecule has 1 atom stereocenters. The number of nitrogens with zero attached hydrogens (tertiary/aromatic N) is 2. The molecule has 1 aromatic heterocycles. The molecule has 2 rings (SSSR count). The second-order valence-electron chi connectivity index (χ2n) is 4.38. The Morgan fingerprint density at radius 1 is 1.28 bits per heavy atom. The summed E-state index contributed by atoms with van der Waals surface area (Å²) in [6.07, 6.45) is 3.04. The molecule has 1 fully saturated rings. The highest BCUT2D eigenvalue weighted by molar-refractivity contribution is 5.70. The maximum atomic E-state index is 11.6. The van der Waals surface area contributed by atoms with Crippen molar-refractivity contribution in [1.82, 2.24) is 9.47 Å². The third kappa shape index (κ3) is 2.27. The highest BCUT2D eigenvalue weighted by atomic mass is 16.6. The number of hydrogen-bond acceptors (Lipinski definition) is 4. The Balaban J connectivity index is 2.22. The van der Waals surface area contributed by atoms with Gasteiger partial charge < -0.3 is 9.15 Å². The van der Waals surface area contributed by atoms with Crippen molar-refractivity contribution in [3.8, 4) is 0 Å². The van der Waals surface area contributed by atoms with E-state index in [1.54, 1.807) is 11.1 Å². The van der Waals surface area contributed by atoms with Gasteiger partial charge in [0.1, 0.15) is 12.6 Å². The number of carbonyl (C=O) groups is 1. The van der Waals surface area contributed by atoms with Gasteiger partial charge >= 0.3 is 11.8 Å². The van der Waals surface area contributed by atoms with E-state index in [1.165, 1.54) is 4.57 Å². The van der Waals surface area contributed by atoms with Gasteiger partial charge in [0.05, 0.1) is 6.20 Å². The molecule has 1 amide bonds. The van der Waals surface area contributed by atoms with Crippen molar-refractivity contribution in [3.63, 3.8) is 0 Å². The predicted molar refractivity (Wildman–Crippen MR) is 64.3 cm³/mol. The topological polar surface area (TPSA) is 64.7 Å². The molecule has 1 aliphatic rings. The second-order valence-corrected chi connectivity index (χ2v) is 4.38. The maximum absolute atomic E-state index is 11.6. The molecule has 0 bridgehead atoms. The molecule has 1 aliphatic heterocycles. The van der Waals surface area contributed by atoms with Crippen LogP contribution in [0.15, 0.2) is 15.4 Å². The minimum atomic E-state index is -0.373. The van der Waals surface area contributed by atoms with Gasteiger partial charge in [-0.2, -0.15) is 0 Å². The smallest absolute Gasteiger partial charge is 0.419 e. The summed E-state index contributed by atoms with van der Waals surface area (Å²) in [5, 5.41) is 0. The van der Waals surface area contributed by atoms with E-state index in [0.29, 0.717) is 18.8 Å². The zero-order chi connectivity index (χ0) is 13.1. The molecule has 0 N–H and O–H groups in total. The minimum absolute atomic E-state index is 0.248. The summed E-state index contributed by atoms with van der Waals surface area (Å²) in [4.78, 5) is 24.7. The summed E-state index contributed by atoms with van der Waals surface area (Å²) in [5.74, 6) is 0.135. The number of oxazole rings is 1. The zero-order valence-electron chi connectivity index (χ0n) is 10.7. The van der Waals surface area contributed by atoms with Crippen molar-refractivity contribution in [2.75, 3.05) is 13.2 Å². The molecule has 1 unspecified atom stereocenters. The molecule has 0 spiro atoms. The van der Waals surface area contributed by atoms with Crippen LogP contribution in [0.4, 0.5) is 4.79 Å². The fourth-order valence-electron chi connectivity index (χ4n) is 2.12. The quantitative estimate of drug-likeness (QED) is 0.803. The van der Waals surface area contributed by atoms with E-state index in [1.807, 2.05) is 13.8 Å². The van der Waals surface area contributed by atoms with Gasteiger partial charge in [0.25, 0.3) is 0 Å². The average Bonchev–Trinajstić information content (AvgIpc) is 2.86. The van der Waals surface area contributed by atoms with Crippen molar-refractivity contribution >= 4 is 6.09 Å². The standard InChI is InChI=1S/C12H18N2O4/c1-3-5-13-7-10(18-11(13)15)9-8-17-12(16)14(9)6-4-2/h7,9H,3-6,8H2,1-2H3. The first kappa shape index (κ1) is 12.7. The van der Waals surface area contributed by atoms with Crippen molar-refractivity contribution in [2.24, 2.45) is 0 Å². The molecular formula is C12H18N2O4. The van der Waals surface area contributed by atoms with Crippen LogP contribution in [-0.2, 0) is 11.3 Å². The Bertz CT molecular complexity index is 477. The lowest BCUT2D eigenvalue weighted by Gasteiger charge is -2.17. The lowest BCUT2D eigenvalue weighted by Crippen LogP contribution is -2.28. The number of hydrogen-bond donors (Lipinski definition) is 0. The Hall–Kier alpha value is -1.72. The monoisotopic (exact) mass is 254 g/mol. The van der Waals surface area contributed by atoms with Crippen LogP contribution >= 0.6 is 0 Å². The third-order valence-electron chi connectivity index (χ3n) is 2.96. The Morgan fingerprint density at radius 3 is 2.67 bits per heavy atom. The van der Waals surface area contributed by atoms with E-state index in [4.69, 9.17) is 9.15 Å². The van der Waals surface area contributed by atoms with Crippen molar-refractivity contribution in [2.45, 2.75) is 39.3 Å². The molecule has 100 valence electrons. The summed E-state index contributed by atoms with van der Waals surface area (Å²) >= 11 is 0. The summed E-state index contributed by atoms with van der Waals surface area (Å²) in [6, 6.07) is -0.275. The molecule has 2 heterocycles. The molecule has 0 saturated carbocycles. The molecule has 1 aromatic rings. The number of aryl methyl sites for hydroxylation is 1. The maximum Gasteiger partial charge on any atom is 0.419 e. The number of carbonyl (C=O) groups excluding carboxylic acids is 1. The van der Waals surface area contributed by atoms with Crippen molar-refractivity contribution in [3.05, 3.63) is 22.5 Å². The predicted octanol–water partition coefficient (Wildman–Crippen LogP) is 1.75. The summed E-state index contributed by atoms with van der Waals surface area (Å²) in [6.45, 7) is 5.45. The fourth-order valence-corrected chi connectivity index (χ4v) is 2.12. The van der Waals surface area contributed by atoms with Gasteiger partial charge in [0, 0.05) is 13.1 Å².